The minimum atomic E-state index is -3.44. The summed E-state index contributed by atoms with van der Waals surface area (Å²) >= 11 is 0. The van der Waals surface area contributed by atoms with Gasteiger partial charge in [0.05, 0.1) is 6.10 Å². The van der Waals surface area contributed by atoms with Gasteiger partial charge in [-0.3, -0.25) is 0 Å². The number of ether oxygens (including phenoxy) is 1. The number of hydrogen-bond donors (Lipinski definition) is 0. The number of piperazine rings is 1. The molecule has 1 aromatic rings. The third-order valence-electron chi connectivity index (χ3n) is 4.99. The van der Waals surface area contributed by atoms with E-state index in [1.165, 1.54) is 6.20 Å². The first-order valence-corrected chi connectivity index (χ1v) is 10.5. The van der Waals surface area contributed by atoms with Gasteiger partial charge in [0.15, 0.2) is 0 Å². The summed E-state index contributed by atoms with van der Waals surface area (Å²) in [4.78, 5) is 9.04. The van der Waals surface area contributed by atoms with Crippen LogP contribution in [0.25, 0.3) is 0 Å². The highest BCUT2D eigenvalue weighted by atomic mass is 32.2. The standard InChI is InChI=1S/C17H28N4O3S/c1-3-24-15-6-8-20(9-7-15)17-5-4-16(14-18-17)25(22,23)21-12-10-19(2)11-13-21/h4-5,14-15H,3,6-13H2,1-2H3. The van der Waals surface area contributed by atoms with E-state index in [0.717, 1.165) is 51.4 Å². The Bertz CT molecular complexity index is 649. The van der Waals surface area contributed by atoms with Crippen molar-refractivity contribution in [3.8, 4) is 0 Å². The normalized spacial score (nSPS) is 21.6. The van der Waals surface area contributed by atoms with Crippen molar-refractivity contribution in [3.63, 3.8) is 0 Å². The minimum Gasteiger partial charge on any atom is -0.378 e. The first kappa shape index (κ1) is 18.6. The van der Waals surface area contributed by atoms with Crippen molar-refractivity contribution >= 4 is 15.8 Å². The van der Waals surface area contributed by atoms with Crippen LogP contribution < -0.4 is 4.90 Å². The molecule has 0 spiro atoms. The molecule has 0 radical (unpaired) electrons. The lowest BCUT2D eigenvalue weighted by atomic mass is 10.1. The molecule has 0 bridgehead atoms. The molecule has 0 unspecified atom stereocenters. The third-order valence-corrected chi connectivity index (χ3v) is 6.87. The molecule has 0 N–H and O–H groups in total. The number of hydrogen-bond acceptors (Lipinski definition) is 6. The Hall–Kier alpha value is -1.22. The molecule has 8 heteroatoms. The maximum atomic E-state index is 12.7. The van der Waals surface area contributed by atoms with Gasteiger partial charge >= 0.3 is 0 Å². The van der Waals surface area contributed by atoms with E-state index in [0.29, 0.717) is 19.2 Å². The number of rotatable bonds is 5. The maximum absolute atomic E-state index is 12.7. The van der Waals surface area contributed by atoms with Crippen molar-refractivity contribution in [2.24, 2.45) is 0 Å². The summed E-state index contributed by atoms with van der Waals surface area (Å²) < 4.78 is 32.7. The summed E-state index contributed by atoms with van der Waals surface area (Å²) in [5, 5.41) is 0. The monoisotopic (exact) mass is 368 g/mol. The van der Waals surface area contributed by atoms with Crippen molar-refractivity contribution in [1.82, 2.24) is 14.2 Å². The average molecular weight is 369 g/mol. The molecule has 1 aromatic heterocycles. The molecule has 7 nitrogen and oxygen atoms in total. The molecule has 0 saturated carbocycles. The molecule has 2 aliphatic heterocycles. The molecule has 25 heavy (non-hydrogen) atoms. The van der Waals surface area contributed by atoms with E-state index < -0.39 is 10.0 Å². The van der Waals surface area contributed by atoms with Crippen LogP contribution in [0.1, 0.15) is 19.8 Å². The molecule has 0 aliphatic carbocycles. The molecular formula is C17H28N4O3S. The van der Waals surface area contributed by atoms with Gasteiger partial charge in [0, 0.05) is 52.1 Å². The molecule has 2 saturated heterocycles. The van der Waals surface area contributed by atoms with Crippen LogP contribution in [-0.2, 0) is 14.8 Å². The summed E-state index contributed by atoms with van der Waals surface area (Å²) in [6.45, 7) is 7.15. The summed E-state index contributed by atoms with van der Waals surface area (Å²) in [6, 6.07) is 3.51. The number of nitrogens with zero attached hydrogens (tertiary/aromatic N) is 4. The van der Waals surface area contributed by atoms with Gasteiger partial charge in [0.2, 0.25) is 10.0 Å². The third kappa shape index (κ3) is 4.31. The fraction of sp³-hybridized carbons (Fsp3) is 0.706. The Morgan fingerprint density at radius 3 is 2.36 bits per heavy atom. The molecule has 2 fully saturated rings. The largest absolute Gasteiger partial charge is 0.378 e. The van der Waals surface area contributed by atoms with Crippen LogP contribution >= 0.6 is 0 Å². The van der Waals surface area contributed by atoms with E-state index >= 15 is 0 Å². The first-order valence-electron chi connectivity index (χ1n) is 9.02. The van der Waals surface area contributed by atoms with Crippen molar-refractivity contribution in [3.05, 3.63) is 18.3 Å². The Balaban J connectivity index is 1.64. The second kappa shape index (κ2) is 7.99. The summed E-state index contributed by atoms with van der Waals surface area (Å²) in [6.07, 6.45) is 3.80. The lowest BCUT2D eigenvalue weighted by Crippen LogP contribution is -2.47. The SMILES string of the molecule is CCOC1CCN(c2ccc(S(=O)(=O)N3CCN(C)CC3)cn2)CC1. The highest BCUT2D eigenvalue weighted by Crippen LogP contribution is 2.22. The Kier molecular flexibility index (Phi) is 5.93. The number of pyridine rings is 1. The highest BCUT2D eigenvalue weighted by Gasteiger charge is 2.28. The predicted octanol–water partition coefficient (Wildman–Crippen LogP) is 1.02. The number of anilines is 1. The van der Waals surface area contributed by atoms with E-state index in [4.69, 9.17) is 4.74 Å². The smallest absolute Gasteiger partial charge is 0.244 e. The molecule has 0 aromatic carbocycles. The Labute approximate surface area is 150 Å². The molecule has 3 rings (SSSR count). The average Bonchev–Trinajstić information content (AvgIpc) is 2.63. The molecule has 3 heterocycles. The Morgan fingerprint density at radius 1 is 1.12 bits per heavy atom. The van der Waals surface area contributed by atoms with Crippen molar-refractivity contribution < 1.29 is 13.2 Å². The lowest BCUT2D eigenvalue weighted by Gasteiger charge is -2.33. The van der Waals surface area contributed by atoms with Crippen LogP contribution in [0.5, 0.6) is 0 Å². The minimum absolute atomic E-state index is 0.282. The summed E-state index contributed by atoms with van der Waals surface area (Å²) in [5.74, 6) is 0.840. The van der Waals surface area contributed by atoms with Crippen LogP contribution in [0.3, 0.4) is 0 Å². The van der Waals surface area contributed by atoms with E-state index in [-0.39, 0.29) is 4.90 Å². The van der Waals surface area contributed by atoms with Gasteiger partial charge in [-0.05, 0) is 38.9 Å². The number of aromatic nitrogens is 1. The van der Waals surface area contributed by atoms with E-state index in [9.17, 15) is 8.42 Å². The fourth-order valence-corrected chi connectivity index (χ4v) is 4.75. The van der Waals surface area contributed by atoms with Gasteiger partial charge < -0.3 is 14.5 Å². The van der Waals surface area contributed by atoms with Crippen molar-refractivity contribution in [2.45, 2.75) is 30.8 Å². The van der Waals surface area contributed by atoms with Gasteiger partial charge in [0.1, 0.15) is 10.7 Å². The Morgan fingerprint density at radius 2 is 1.80 bits per heavy atom. The van der Waals surface area contributed by atoms with Gasteiger partial charge in [-0.1, -0.05) is 0 Å². The number of piperidine rings is 1. The summed E-state index contributed by atoms with van der Waals surface area (Å²) in [7, 11) is -1.43. The van der Waals surface area contributed by atoms with Gasteiger partial charge in [0.25, 0.3) is 0 Å². The predicted molar refractivity (Wildman–Crippen MR) is 97.4 cm³/mol. The fourth-order valence-electron chi connectivity index (χ4n) is 3.38. The molecule has 0 atom stereocenters. The number of sulfonamides is 1. The molecule has 0 amide bonds. The maximum Gasteiger partial charge on any atom is 0.244 e. The zero-order valence-electron chi connectivity index (χ0n) is 15.1. The van der Waals surface area contributed by atoms with Gasteiger partial charge in [-0.2, -0.15) is 4.31 Å². The molecule has 140 valence electrons. The molecular weight excluding hydrogens is 340 g/mol. The van der Waals surface area contributed by atoms with E-state index in [2.05, 4.69) is 14.8 Å². The van der Waals surface area contributed by atoms with Crippen LogP contribution in [0, 0.1) is 0 Å². The second-order valence-corrected chi connectivity index (χ2v) is 8.64. The zero-order valence-corrected chi connectivity index (χ0v) is 15.9. The van der Waals surface area contributed by atoms with Crippen LogP contribution in [0.4, 0.5) is 5.82 Å². The topological polar surface area (TPSA) is 66.0 Å². The van der Waals surface area contributed by atoms with E-state index in [1.807, 2.05) is 20.0 Å². The van der Waals surface area contributed by atoms with Gasteiger partial charge in [-0.15, -0.1) is 0 Å². The second-order valence-electron chi connectivity index (χ2n) is 6.70. The molecule has 2 aliphatic rings. The van der Waals surface area contributed by atoms with Crippen LogP contribution in [0.15, 0.2) is 23.2 Å². The quantitative estimate of drug-likeness (QED) is 0.773. The van der Waals surface area contributed by atoms with Crippen molar-refractivity contribution in [2.75, 3.05) is 57.8 Å². The number of likely N-dealkylation sites (N-methyl/N-ethyl adjacent to an activating group) is 1. The van der Waals surface area contributed by atoms with Crippen LogP contribution in [-0.4, -0.2) is 81.6 Å². The zero-order chi connectivity index (χ0) is 17.9. The van der Waals surface area contributed by atoms with E-state index in [1.54, 1.807) is 10.4 Å². The lowest BCUT2D eigenvalue weighted by molar-refractivity contribution is 0.0458. The van der Waals surface area contributed by atoms with Crippen molar-refractivity contribution in [1.29, 1.82) is 0 Å². The van der Waals surface area contributed by atoms with Crippen LogP contribution in [0.2, 0.25) is 0 Å². The highest BCUT2D eigenvalue weighted by molar-refractivity contribution is 7.89. The first-order chi connectivity index (χ1) is 12.0. The summed E-state index contributed by atoms with van der Waals surface area (Å²) in [5.41, 5.74) is 0. The van der Waals surface area contributed by atoms with Gasteiger partial charge in [-0.25, -0.2) is 13.4 Å².